The van der Waals surface area contributed by atoms with E-state index in [4.69, 9.17) is 0 Å². The Balaban J connectivity index is 1.68. The first-order valence-corrected chi connectivity index (χ1v) is 10.4. The molecule has 1 heterocycles. The molecule has 2 atom stereocenters. The second-order valence-electron chi connectivity index (χ2n) is 6.96. The first-order valence-electron chi connectivity index (χ1n) is 8.63. The van der Waals surface area contributed by atoms with Crippen molar-refractivity contribution < 1.29 is 8.42 Å². The predicted octanol–water partition coefficient (Wildman–Crippen LogP) is 2.95. The molecule has 1 aromatic carbocycles. The third kappa shape index (κ3) is 4.32. The molecule has 2 aliphatic rings. The predicted molar refractivity (Wildman–Crippen MR) is 90.7 cm³/mol. The van der Waals surface area contributed by atoms with Gasteiger partial charge in [0.25, 0.3) is 0 Å². The summed E-state index contributed by atoms with van der Waals surface area (Å²) in [5.41, 5.74) is 1.35. The second kappa shape index (κ2) is 7.14. The van der Waals surface area contributed by atoms with E-state index >= 15 is 0 Å². The lowest BCUT2D eigenvalue weighted by molar-refractivity contribution is 0.316. The highest BCUT2D eigenvalue weighted by Gasteiger charge is 2.30. The molecule has 3 nitrogen and oxygen atoms in total. The van der Waals surface area contributed by atoms with Crippen LogP contribution in [0.4, 0.5) is 0 Å². The van der Waals surface area contributed by atoms with Gasteiger partial charge in [-0.2, -0.15) is 0 Å². The van der Waals surface area contributed by atoms with Gasteiger partial charge in [-0.15, -0.1) is 0 Å². The summed E-state index contributed by atoms with van der Waals surface area (Å²) in [6.45, 7) is 0. The van der Waals surface area contributed by atoms with Crippen molar-refractivity contribution in [2.45, 2.75) is 57.0 Å². The molecule has 22 heavy (non-hydrogen) atoms. The molecule has 0 bridgehead atoms. The average molecular weight is 321 g/mol. The minimum absolute atomic E-state index is 0.146. The van der Waals surface area contributed by atoms with Crippen molar-refractivity contribution in [3.8, 4) is 0 Å². The van der Waals surface area contributed by atoms with E-state index in [2.05, 4.69) is 35.6 Å². The maximum absolute atomic E-state index is 11.9. The van der Waals surface area contributed by atoms with E-state index in [0.29, 0.717) is 23.5 Å². The van der Waals surface area contributed by atoms with Crippen LogP contribution in [0.15, 0.2) is 30.3 Å². The van der Waals surface area contributed by atoms with Crippen molar-refractivity contribution in [2.75, 3.05) is 11.5 Å². The van der Waals surface area contributed by atoms with Gasteiger partial charge in [0.2, 0.25) is 0 Å². The summed E-state index contributed by atoms with van der Waals surface area (Å²) in [5.74, 6) is 1.40. The Morgan fingerprint density at radius 3 is 2.45 bits per heavy atom. The summed E-state index contributed by atoms with van der Waals surface area (Å²) in [4.78, 5) is 0. The smallest absolute Gasteiger partial charge is 0.151 e. The number of hydrogen-bond donors (Lipinski definition) is 1. The van der Waals surface area contributed by atoms with E-state index in [-0.39, 0.29) is 6.04 Å². The van der Waals surface area contributed by atoms with Crippen molar-refractivity contribution in [3.63, 3.8) is 0 Å². The van der Waals surface area contributed by atoms with E-state index in [9.17, 15) is 8.42 Å². The minimum atomic E-state index is -2.84. The van der Waals surface area contributed by atoms with E-state index < -0.39 is 9.84 Å². The van der Waals surface area contributed by atoms with Crippen LogP contribution < -0.4 is 5.32 Å². The average Bonchev–Trinajstić information content (AvgIpc) is 3.01. The third-order valence-electron chi connectivity index (χ3n) is 5.18. The van der Waals surface area contributed by atoms with Gasteiger partial charge in [0.05, 0.1) is 11.5 Å². The van der Waals surface area contributed by atoms with Gasteiger partial charge in [-0.05, 0) is 43.6 Å². The molecule has 1 aliphatic carbocycles. The van der Waals surface area contributed by atoms with Crippen LogP contribution in [-0.2, 0) is 16.3 Å². The number of sulfone groups is 1. The van der Waals surface area contributed by atoms with Gasteiger partial charge in [0, 0.05) is 12.1 Å². The monoisotopic (exact) mass is 321 g/mol. The molecule has 1 saturated carbocycles. The molecule has 1 N–H and O–H groups in total. The molecule has 0 radical (unpaired) electrons. The quantitative estimate of drug-likeness (QED) is 0.907. The van der Waals surface area contributed by atoms with Crippen LogP contribution in [0.5, 0.6) is 0 Å². The Morgan fingerprint density at radius 2 is 1.77 bits per heavy atom. The van der Waals surface area contributed by atoms with Gasteiger partial charge in [0.1, 0.15) is 0 Å². The van der Waals surface area contributed by atoms with Crippen LogP contribution in [0.1, 0.15) is 44.1 Å². The van der Waals surface area contributed by atoms with Crippen LogP contribution in [0.25, 0.3) is 0 Å². The Hall–Kier alpha value is -0.870. The molecule has 0 aromatic heterocycles. The van der Waals surface area contributed by atoms with Crippen molar-refractivity contribution in [3.05, 3.63) is 35.9 Å². The van der Waals surface area contributed by atoms with E-state index in [1.807, 2.05) is 0 Å². The molecular weight excluding hydrogens is 294 g/mol. The van der Waals surface area contributed by atoms with Crippen LogP contribution in [0.3, 0.4) is 0 Å². The minimum Gasteiger partial charge on any atom is -0.310 e. The Morgan fingerprint density at radius 1 is 1.05 bits per heavy atom. The number of hydrogen-bond acceptors (Lipinski definition) is 3. The molecule has 122 valence electrons. The maximum Gasteiger partial charge on any atom is 0.151 e. The fraction of sp³-hybridized carbons (Fsp3) is 0.667. The Kier molecular flexibility index (Phi) is 5.19. The summed E-state index contributed by atoms with van der Waals surface area (Å²) in [6.07, 6.45) is 8.02. The fourth-order valence-electron chi connectivity index (χ4n) is 4.05. The van der Waals surface area contributed by atoms with Crippen molar-refractivity contribution in [2.24, 2.45) is 5.92 Å². The maximum atomic E-state index is 11.9. The lowest BCUT2D eigenvalue weighted by atomic mass is 9.91. The molecule has 0 unspecified atom stereocenters. The normalized spacial score (nSPS) is 26.8. The molecule has 0 spiro atoms. The lowest BCUT2D eigenvalue weighted by Gasteiger charge is -2.32. The molecule has 1 aliphatic heterocycles. The Bertz CT molecular complexity index is 564. The molecule has 3 rings (SSSR count). The van der Waals surface area contributed by atoms with E-state index in [1.54, 1.807) is 0 Å². The molecule has 0 amide bonds. The molecule has 1 aromatic rings. The summed E-state index contributed by atoms with van der Waals surface area (Å²) in [7, 11) is -2.84. The summed E-state index contributed by atoms with van der Waals surface area (Å²) >= 11 is 0. The standard InChI is InChI=1S/C18H27NO2S/c20-22(21)12-6-11-17(14-22)19-18(16-9-4-5-10-16)13-15-7-2-1-3-8-15/h1-3,7-8,16-19H,4-6,9-14H2/t17-,18-/m0/s1. The lowest BCUT2D eigenvalue weighted by Crippen LogP contribution is -2.48. The molecule has 4 heteroatoms. The molecular formula is C18H27NO2S. The molecule has 2 fully saturated rings. The van der Waals surface area contributed by atoms with E-state index in [1.165, 1.54) is 31.2 Å². The zero-order chi connectivity index (χ0) is 15.4. The van der Waals surface area contributed by atoms with Gasteiger partial charge >= 0.3 is 0 Å². The van der Waals surface area contributed by atoms with Crippen molar-refractivity contribution in [1.82, 2.24) is 5.32 Å². The topological polar surface area (TPSA) is 46.2 Å². The first kappa shape index (κ1) is 16.0. The van der Waals surface area contributed by atoms with Crippen molar-refractivity contribution in [1.29, 1.82) is 0 Å². The first-order chi connectivity index (χ1) is 10.6. The van der Waals surface area contributed by atoms with Gasteiger partial charge in [-0.1, -0.05) is 43.2 Å². The second-order valence-corrected chi connectivity index (χ2v) is 9.19. The number of nitrogens with one attached hydrogen (secondary N) is 1. The summed E-state index contributed by atoms with van der Waals surface area (Å²) in [5, 5.41) is 3.72. The fourth-order valence-corrected chi connectivity index (χ4v) is 5.70. The van der Waals surface area contributed by atoms with Gasteiger partial charge in [-0.3, -0.25) is 0 Å². The molecule has 1 saturated heterocycles. The highest BCUT2D eigenvalue weighted by atomic mass is 32.2. The highest BCUT2D eigenvalue weighted by Crippen LogP contribution is 2.30. The number of rotatable bonds is 5. The van der Waals surface area contributed by atoms with Crippen molar-refractivity contribution >= 4 is 9.84 Å². The van der Waals surface area contributed by atoms with Crippen LogP contribution >= 0.6 is 0 Å². The van der Waals surface area contributed by atoms with Gasteiger partial charge in [-0.25, -0.2) is 8.42 Å². The Labute approximate surface area is 134 Å². The SMILES string of the molecule is O=S1(=O)CCC[C@H](N[C@@H](Cc2ccccc2)C2CCCC2)C1. The van der Waals surface area contributed by atoms with E-state index in [0.717, 1.165) is 19.3 Å². The zero-order valence-corrected chi connectivity index (χ0v) is 14.0. The van der Waals surface area contributed by atoms with Crippen LogP contribution in [-0.4, -0.2) is 32.0 Å². The summed E-state index contributed by atoms with van der Waals surface area (Å²) in [6, 6.07) is 11.2. The highest BCUT2D eigenvalue weighted by molar-refractivity contribution is 7.91. The number of benzene rings is 1. The van der Waals surface area contributed by atoms with Crippen LogP contribution in [0.2, 0.25) is 0 Å². The summed E-state index contributed by atoms with van der Waals surface area (Å²) < 4.78 is 23.8. The zero-order valence-electron chi connectivity index (χ0n) is 13.2. The van der Waals surface area contributed by atoms with Gasteiger partial charge < -0.3 is 5.32 Å². The van der Waals surface area contributed by atoms with Crippen LogP contribution in [0, 0.1) is 5.92 Å². The largest absolute Gasteiger partial charge is 0.310 e. The third-order valence-corrected chi connectivity index (χ3v) is 7.00. The van der Waals surface area contributed by atoms with Gasteiger partial charge in [0.15, 0.2) is 9.84 Å².